The van der Waals surface area contributed by atoms with Gasteiger partial charge < -0.3 is 15.3 Å². The lowest BCUT2D eigenvalue weighted by Crippen LogP contribution is -2.36. The molecule has 0 aromatic rings. The van der Waals surface area contributed by atoms with Gasteiger partial charge in [0.1, 0.15) is 18.1 Å². The molecule has 100 valence electrons. The van der Waals surface area contributed by atoms with Crippen molar-refractivity contribution in [3.63, 3.8) is 0 Å². The first-order chi connectivity index (χ1) is 8.61. The molecule has 0 heterocycles. The highest BCUT2D eigenvalue weighted by atomic mass is 16.4. The van der Waals surface area contributed by atoms with E-state index in [9.17, 15) is 20.1 Å². The van der Waals surface area contributed by atoms with Gasteiger partial charge in [-0.25, -0.2) is 0 Å². The molecular formula is C14H20O4. The lowest BCUT2D eigenvalue weighted by atomic mass is 9.83. The van der Waals surface area contributed by atoms with Crippen molar-refractivity contribution in [2.24, 2.45) is 5.92 Å². The molecule has 0 radical (unpaired) electrons. The van der Waals surface area contributed by atoms with Crippen molar-refractivity contribution in [1.29, 1.82) is 0 Å². The van der Waals surface area contributed by atoms with Crippen LogP contribution in [0.4, 0.5) is 0 Å². The van der Waals surface area contributed by atoms with Gasteiger partial charge in [0, 0.05) is 11.5 Å². The Labute approximate surface area is 107 Å². The van der Waals surface area contributed by atoms with Gasteiger partial charge in [0.25, 0.3) is 0 Å². The summed E-state index contributed by atoms with van der Waals surface area (Å²) in [5, 5.41) is 28.6. The number of unbranched alkanes of at least 4 members (excludes halogenated alkanes) is 1. The van der Waals surface area contributed by atoms with E-state index in [-0.39, 0.29) is 17.9 Å². The van der Waals surface area contributed by atoms with Crippen LogP contribution in [-0.2, 0) is 4.79 Å². The number of hydrogen-bond acceptors (Lipinski definition) is 4. The van der Waals surface area contributed by atoms with E-state index >= 15 is 0 Å². The van der Waals surface area contributed by atoms with Crippen LogP contribution in [0.5, 0.6) is 0 Å². The summed E-state index contributed by atoms with van der Waals surface area (Å²) < 4.78 is 0. The number of carbonyl (C=O) groups excluding carboxylic acids is 1. The maximum atomic E-state index is 10.9. The van der Waals surface area contributed by atoms with Gasteiger partial charge in [-0.1, -0.05) is 37.6 Å². The van der Waals surface area contributed by atoms with E-state index in [1.165, 1.54) is 0 Å². The van der Waals surface area contributed by atoms with Crippen LogP contribution in [0.2, 0.25) is 0 Å². The third-order valence-corrected chi connectivity index (χ3v) is 3.01. The zero-order valence-electron chi connectivity index (χ0n) is 10.5. The Morgan fingerprint density at radius 1 is 1.33 bits per heavy atom. The monoisotopic (exact) mass is 252 g/mol. The first-order valence-corrected chi connectivity index (χ1v) is 6.19. The fourth-order valence-electron chi connectivity index (χ4n) is 1.93. The fourth-order valence-corrected chi connectivity index (χ4v) is 1.93. The molecule has 0 aliphatic heterocycles. The van der Waals surface area contributed by atoms with Gasteiger partial charge in [0.15, 0.2) is 0 Å². The molecule has 4 nitrogen and oxygen atoms in total. The second-order valence-electron chi connectivity index (χ2n) is 4.41. The molecule has 1 rings (SSSR count). The highest BCUT2D eigenvalue weighted by molar-refractivity contribution is 5.76. The van der Waals surface area contributed by atoms with Gasteiger partial charge in [-0.3, -0.25) is 4.79 Å². The minimum absolute atomic E-state index is 0.146. The molecule has 18 heavy (non-hydrogen) atoms. The van der Waals surface area contributed by atoms with Crippen molar-refractivity contribution < 1.29 is 20.1 Å². The summed E-state index contributed by atoms with van der Waals surface area (Å²) in [4.78, 5) is 10.9. The Hall–Kier alpha value is -1.39. The summed E-state index contributed by atoms with van der Waals surface area (Å²) in [6.07, 6.45) is 7.86. The van der Waals surface area contributed by atoms with E-state index in [4.69, 9.17) is 0 Å². The zero-order chi connectivity index (χ0) is 13.5. The zero-order valence-corrected chi connectivity index (χ0v) is 10.5. The minimum Gasteiger partial charge on any atom is -0.509 e. The van der Waals surface area contributed by atoms with Crippen LogP contribution in [0.1, 0.15) is 26.2 Å². The van der Waals surface area contributed by atoms with Gasteiger partial charge in [-0.2, -0.15) is 0 Å². The number of carbonyl (C=O) groups is 1. The number of rotatable bonds is 5. The van der Waals surface area contributed by atoms with Crippen LogP contribution in [0.15, 0.2) is 35.6 Å². The Morgan fingerprint density at radius 3 is 2.67 bits per heavy atom. The number of aliphatic hydroxyl groups is 3. The van der Waals surface area contributed by atoms with E-state index in [0.717, 1.165) is 12.8 Å². The molecule has 0 saturated carbocycles. The summed E-state index contributed by atoms with van der Waals surface area (Å²) in [5.74, 6) is -0.775. The van der Waals surface area contributed by atoms with Crippen LogP contribution in [0.3, 0.4) is 0 Å². The van der Waals surface area contributed by atoms with E-state index in [2.05, 4.69) is 6.92 Å². The smallest absolute Gasteiger partial charge is 0.150 e. The molecule has 0 aromatic carbocycles. The molecule has 0 unspecified atom stereocenters. The average molecular weight is 252 g/mol. The molecule has 0 fully saturated rings. The maximum Gasteiger partial charge on any atom is 0.150 e. The SMILES string of the molecule is CCC/C=C/C=C/[C@@H]1C[C@@H](O)[C@@H](O)C(O)=C1C=O. The molecule has 0 amide bonds. The third kappa shape index (κ3) is 3.55. The van der Waals surface area contributed by atoms with E-state index in [0.29, 0.717) is 6.29 Å². The van der Waals surface area contributed by atoms with Gasteiger partial charge in [-0.05, 0) is 12.8 Å². The normalized spacial score (nSPS) is 29.4. The maximum absolute atomic E-state index is 10.9. The summed E-state index contributed by atoms with van der Waals surface area (Å²) in [6.45, 7) is 2.08. The van der Waals surface area contributed by atoms with Gasteiger partial charge in [0.2, 0.25) is 0 Å². The fraction of sp³-hybridized carbons (Fsp3) is 0.500. The molecule has 0 bridgehead atoms. The Balaban J connectivity index is 2.78. The molecule has 3 N–H and O–H groups in total. The number of allylic oxidation sites excluding steroid dienone is 5. The van der Waals surface area contributed by atoms with Crippen LogP contribution >= 0.6 is 0 Å². The van der Waals surface area contributed by atoms with Crippen LogP contribution in [0, 0.1) is 5.92 Å². The second-order valence-corrected chi connectivity index (χ2v) is 4.41. The van der Waals surface area contributed by atoms with Crippen molar-refractivity contribution in [2.75, 3.05) is 0 Å². The second kappa shape index (κ2) is 7.13. The summed E-state index contributed by atoms with van der Waals surface area (Å²) >= 11 is 0. The van der Waals surface area contributed by atoms with Crippen molar-refractivity contribution in [1.82, 2.24) is 0 Å². The summed E-state index contributed by atoms with van der Waals surface area (Å²) in [5.41, 5.74) is 0.146. The van der Waals surface area contributed by atoms with Crippen molar-refractivity contribution in [2.45, 2.75) is 38.4 Å². The van der Waals surface area contributed by atoms with Gasteiger partial charge in [-0.15, -0.1) is 0 Å². The molecule has 0 spiro atoms. The Bertz CT molecular complexity index is 368. The average Bonchev–Trinajstić information content (AvgIpc) is 2.36. The largest absolute Gasteiger partial charge is 0.509 e. The van der Waals surface area contributed by atoms with Crippen LogP contribution in [0.25, 0.3) is 0 Å². The predicted octanol–water partition coefficient (Wildman–Crippen LogP) is 1.65. The van der Waals surface area contributed by atoms with E-state index < -0.39 is 18.0 Å². The number of aliphatic hydroxyl groups excluding tert-OH is 3. The summed E-state index contributed by atoms with van der Waals surface area (Å²) in [7, 11) is 0. The third-order valence-electron chi connectivity index (χ3n) is 3.01. The van der Waals surface area contributed by atoms with Crippen molar-refractivity contribution in [3.8, 4) is 0 Å². The van der Waals surface area contributed by atoms with Crippen LogP contribution < -0.4 is 0 Å². The molecule has 4 heteroatoms. The number of hydrogen-bond donors (Lipinski definition) is 3. The molecule has 1 aliphatic rings. The van der Waals surface area contributed by atoms with E-state index in [1.807, 2.05) is 12.2 Å². The van der Waals surface area contributed by atoms with Crippen molar-refractivity contribution in [3.05, 3.63) is 35.6 Å². The standard InChI is InChI=1S/C14H20O4/c1-2-3-4-5-6-7-10-8-12(16)14(18)13(17)11(10)9-15/h4-7,9-10,12,14,16-18H,2-3,8H2,1H3/b5-4+,7-6+/t10-,12-,14-/m1/s1. The predicted molar refractivity (Wildman–Crippen MR) is 69.0 cm³/mol. The van der Waals surface area contributed by atoms with Gasteiger partial charge in [0.05, 0.1) is 6.10 Å². The highest BCUT2D eigenvalue weighted by Gasteiger charge is 2.33. The molecule has 1 aliphatic carbocycles. The molecule has 3 atom stereocenters. The molecule has 0 saturated heterocycles. The topological polar surface area (TPSA) is 77.8 Å². The quantitative estimate of drug-likeness (QED) is 0.513. The summed E-state index contributed by atoms with van der Waals surface area (Å²) in [6, 6.07) is 0. The lowest BCUT2D eigenvalue weighted by molar-refractivity contribution is -0.106. The Kier molecular flexibility index (Phi) is 5.82. The number of aldehydes is 1. The lowest BCUT2D eigenvalue weighted by Gasteiger charge is -2.28. The highest BCUT2D eigenvalue weighted by Crippen LogP contribution is 2.29. The minimum atomic E-state index is -1.36. The van der Waals surface area contributed by atoms with Crippen molar-refractivity contribution >= 4 is 6.29 Å². The Morgan fingerprint density at radius 2 is 2.06 bits per heavy atom. The first kappa shape index (κ1) is 14.7. The first-order valence-electron chi connectivity index (χ1n) is 6.19. The van der Waals surface area contributed by atoms with Crippen LogP contribution in [-0.4, -0.2) is 33.8 Å². The van der Waals surface area contributed by atoms with E-state index in [1.54, 1.807) is 12.2 Å². The van der Waals surface area contributed by atoms with Gasteiger partial charge >= 0.3 is 0 Å². The molecule has 0 aromatic heterocycles. The molecular weight excluding hydrogens is 232 g/mol.